The van der Waals surface area contributed by atoms with Crippen molar-refractivity contribution in [3.63, 3.8) is 0 Å². The van der Waals surface area contributed by atoms with Crippen molar-refractivity contribution in [2.45, 2.75) is 42.9 Å². The van der Waals surface area contributed by atoms with Gasteiger partial charge in [-0.15, -0.1) is 0 Å². The van der Waals surface area contributed by atoms with E-state index in [0.717, 1.165) is 11.1 Å². The van der Waals surface area contributed by atoms with Gasteiger partial charge in [0.1, 0.15) is 6.04 Å². The van der Waals surface area contributed by atoms with Crippen molar-refractivity contribution in [1.29, 1.82) is 0 Å². The maximum absolute atomic E-state index is 12.7. The van der Waals surface area contributed by atoms with Crippen LogP contribution in [0.4, 0.5) is 0 Å². The number of esters is 1. The SMILES string of the molecule is COC(=O)C(CSCc1ccccc1)NS(=O)(=O)c1ccc(C(C)(C)C)cc1. The monoisotopic (exact) mass is 421 g/mol. The van der Waals surface area contributed by atoms with Crippen molar-refractivity contribution in [2.75, 3.05) is 12.9 Å². The molecule has 1 N–H and O–H groups in total. The van der Waals surface area contributed by atoms with Crippen molar-refractivity contribution in [3.05, 3.63) is 65.7 Å². The first kappa shape index (κ1) is 22.5. The zero-order chi connectivity index (χ0) is 20.8. The minimum atomic E-state index is -3.84. The van der Waals surface area contributed by atoms with Crippen LogP contribution in [0.1, 0.15) is 31.9 Å². The number of ether oxygens (including phenoxy) is 1. The van der Waals surface area contributed by atoms with Crippen LogP contribution in [0.5, 0.6) is 0 Å². The summed E-state index contributed by atoms with van der Waals surface area (Å²) >= 11 is 1.47. The number of carbonyl (C=O) groups is 1. The van der Waals surface area contributed by atoms with E-state index in [9.17, 15) is 13.2 Å². The highest BCUT2D eigenvalue weighted by atomic mass is 32.2. The van der Waals surface area contributed by atoms with E-state index in [-0.39, 0.29) is 16.1 Å². The van der Waals surface area contributed by atoms with Gasteiger partial charge >= 0.3 is 5.97 Å². The van der Waals surface area contributed by atoms with Crippen LogP contribution in [-0.2, 0) is 30.7 Å². The van der Waals surface area contributed by atoms with Gasteiger partial charge in [-0.05, 0) is 28.7 Å². The quantitative estimate of drug-likeness (QED) is 0.658. The number of rotatable bonds is 8. The summed E-state index contributed by atoms with van der Waals surface area (Å²) in [6.07, 6.45) is 0. The van der Waals surface area contributed by atoms with Gasteiger partial charge < -0.3 is 4.74 Å². The molecule has 0 aliphatic heterocycles. The molecular weight excluding hydrogens is 394 g/mol. The zero-order valence-corrected chi connectivity index (χ0v) is 18.3. The average Bonchev–Trinajstić information content (AvgIpc) is 2.66. The highest BCUT2D eigenvalue weighted by Gasteiger charge is 2.27. The van der Waals surface area contributed by atoms with Crippen LogP contribution in [0, 0.1) is 0 Å². The smallest absolute Gasteiger partial charge is 0.324 e. The molecule has 152 valence electrons. The zero-order valence-electron chi connectivity index (χ0n) is 16.6. The number of hydrogen-bond acceptors (Lipinski definition) is 5. The Labute approximate surface area is 171 Å². The Kier molecular flexibility index (Phi) is 7.69. The third kappa shape index (κ3) is 6.36. The van der Waals surface area contributed by atoms with Gasteiger partial charge in [-0.3, -0.25) is 4.79 Å². The van der Waals surface area contributed by atoms with Crippen LogP contribution < -0.4 is 4.72 Å². The number of hydrogen-bond donors (Lipinski definition) is 1. The van der Waals surface area contributed by atoms with Gasteiger partial charge in [-0.25, -0.2) is 8.42 Å². The molecule has 0 bridgehead atoms. The maximum atomic E-state index is 12.7. The molecule has 2 rings (SSSR count). The number of benzene rings is 2. The number of sulfonamides is 1. The Balaban J connectivity index is 2.08. The molecule has 7 heteroatoms. The fourth-order valence-corrected chi connectivity index (χ4v) is 4.84. The molecule has 2 aromatic rings. The second kappa shape index (κ2) is 9.58. The first-order chi connectivity index (χ1) is 13.1. The lowest BCUT2D eigenvalue weighted by Gasteiger charge is -2.20. The fraction of sp³-hybridized carbons (Fsp3) is 0.381. The van der Waals surface area contributed by atoms with E-state index < -0.39 is 22.0 Å². The Bertz CT molecular complexity index is 873. The van der Waals surface area contributed by atoms with Gasteiger partial charge in [0.15, 0.2) is 0 Å². The van der Waals surface area contributed by atoms with Crippen LogP contribution in [0.25, 0.3) is 0 Å². The van der Waals surface area contributed by atoms with Crippen molar-refractivity contribution in [2.24, 2.45) is 0 Å². The summed E-state index contributed by atoms with van der Waals surface area (Å²) in [4.78, 5) is 12.2. The Morgan fingerprint density at radius 3 is 2.21 bits per heavy atom. The fourth-order valence-electron chi connectivity index (χ4n) is 2.55. The van der Waals surface area contributed by atoms with Gasteiger partial charge in [0.2, 0.25) is 10.0 Å². The Morgan fingerprint density at radius 1 is 1.07 bits per heavy atom. The number of carbonyl (C=O) groups excluding carboxylic acids is 1. The van der Waals surface area contributed by atoms with Crippen LogP contribution in [0.15, 0.2) is 59.5 Å². The lowest BCUT2D eigenvalue weighted by Crippen LogP contribution is -2.43. The molecule has 0 aromatic heterocycles. The second-order valence-corrected chi connectivity index (χ2v) is 10.2. The number of thioether (sulfide) groups is 1. The summed E-state index contributed by atoms with van der Waals surface area (Å²) in [5.74, 6) is 0.354. The summed E-state index contributed by atoms with van der Waals surface area (Å²) in [7, 11) is -2.58. The normalized spacial score (nSPS) is 13.1. The first-order valence-electron chi connectivity index (χ1n) is 8.96. The molecule has 0 aliphatic rings. The minimum absolute atomic E-state index is 0.0711. The summed E-state index contributed by atoms with van der Waals surface area (Å²) < 4.78 is 32.7. The van der Waals surface area contributed by atoms with Crippen LogP contribution >= 0.6 is 11.8 Å². The second-order valence-electron chi connectivity index (χ2n) is 7.47. The average molecular weight is 422 g/mol. The molecule has 1 unspecified atom stereocenters. The molecule has 5 nitrogen and oxygen atoms in total. The minimum Gasteiger partial charge on any atom is -0.468 e. The molecule has 0 heterocycles. The van der Waals surface area contributed by atoms with Crippen LogP contribution in [0.3, 0.4) is 0 Å². The summed E-state index contributed by atoms with van der Waals surface area (Å²) in [5.41, 5.74) is 2.07. The predicted octanol–water partition coefficient (Wildman–Crippen LogP) is 3.74. The molecule has 0 aliphatic carbocycles. The third-order valence-corrected chi connectivity index (χ3v) is 6.80. The summed E-state index contributed by atoms with van der Waals surface area (Å²) in [6, 6.07) is 15.6. The van der Waals surface area contributed by atoms with Gasteiger partial charge in [-0.2, -0.15) is 16.5 Å². The molecule has 0 amide bonds. The van der Waals surface area contributed by atoms with Crippen molar-refractivity contribution in [3.8, 4) is 0 Å². The molecule has 0 radical (unpaired) electrons. The molecule has 28 heavy (non-hydrogen) atoms. The van der Waals surface area contributed by atoms with E-state index in [1.54, 1.807) is 24.3 Å². The Hall–Kier alpha value is -1.83. The largest absolute Gasteiger partial charge is 0.468 e. The summed E-state index contributed by atoms with van der Waals surface area (Å²) in [6.45, 7) is 6.18. The van der Waals surface area contributed by atoms with E-state index in [0.29, 0.717) is 5.75 Å². The van der Waals surface area contributed by atoms with Crippen molar-refractivity contribution in [1.82, 2.24) is 4.72 Å². The molecule has 2 aromatic carbocycles. The molecule has 0 saturated carbocycles. The molecule has 0 spiro atoms. The lowest BCUT2D eigenvalue weighted by atomic mass is 9.87. The van der Waals surface area contributed by atoms with Crippen molar-refractivity contribution >= 4 is 27.8 Å². The molecular formula is C21H27NO4S2. The van der Waals surface area contributed by atoms with Crippen molar-refractivity contribution < 1.29 is 17.9 Å². The van der Waals surface area contributed by atoms with E-state index in [1.165, 1.54) is 18.9 Å². The van der Waals surface area contributed by atoms with E-state index in [4.69, 9.17) is 4.74 Å². The summed E-state index contributed by atoms with van der Waals surface area (Å²) in [5, 5.41) is 0. The van der Waals surface area contributed by atoms with Gasteiger partial charge in [0, 0.05) is 11.5 Å². The standard InChI is InChI=1S/C21H27NO4S2/c1-21(2,3)17-10-12-18(13-11-17)28(24,25)22-19(20(23)26-4)15-27-14-16-8-6-5-7-9-16/h5-13,19,22H,14-15H2,1-4H3. The first-order valence-corrected chi connectivity index (χ1v) is 11.6. The van der Waals surface area contributed by atoms with E-state index in [2.05, 4.69) is 25.5 Å². The van der Waals surface area contributed by atoms with E-state index in [1.807, 2.05) is 30.3 Å². The maximum Gasteiger partial charge on any atom is 0.324 e. The number of nitrogens with one attached hydrogen (secondary N) is 1. The topological polar surface area (TPSA) is 72.5 Å². The molecule has 0 fully saturated rings. The number of methoxy groups -OCH3 is 1. The van der Waals surface area contributed by atoms with Gasteiger partial charge in [-0.1, -0.05) is 63.2 Å². The molecule has 1 atom stereocenters. The predicted molar refractivity (Wildman–Crippen MR) is 114 cm³/mol. The van der Waals surface area contributed by atoms with E-state index >= 15 is 0 Å². The van der Waals surface area contributed by atoms with Crippen LogP contribution in [0.2, 0.25) is 0 Å². The highest BCUT2D eigenvalue weighted by molar-refractivity contribution is 7.98. The van der Waals surface area contributed by atoms with Crippen LogP contribution in [-0.4, -0.2) is 33.3 Å². The van der Waals surface area contributed by atoms with Gasteiger partial charge in [0.05, 0.1) is 12.0 Å². The van der Waals surface area contributed by atoms with Gasteiger partial charge in [0.25, 0.3) is 0 Å². The highest BCUT2D eigenvalue weighted by Crippen LogP contribution is 2.23. The lowest BCUT2D eigenvalue weighted by molar-refractivity contribution is -0.141. The third-order valence-electron chi connectivity index (χ3n) is 4.21. The Morgan fingerprint density at radius 2 is 1.68 bits per heavy atom. The molecule has 0 saturated heterocycles.